The summed E-state index contributed by atoms with van der Waals surface area (Å²) in [6.07, 6.45) is 3.23. The third-order valence-corrected chi connectivity index (χ3v) is 6.63. The standard InChI is InChI=1S/C25H31FN4O/c1-18-13-21-14-19(17-29-9-11-31-12-10-29)15-22(21)25(27-18)20-3-4-24(23(26)16-20)30-7-5-28(2)6-8-30/h3-4,13,15-16H,5-12,14,17H2,1-2H3. The van der Waals surface area contributed by atoms with Crippen LogP contribution in [0.25, 0.3) is 17.3 Å². The lowest BCUT2D eigenvalue weighted by Gasteiger charge is -2.34. The number of halogens is 1. The molecule has 3 aliphatic rings. The highest BCUT2D eigenvalue weighted by molar-refractivity contribution is 5.79. The SMILES string of the molecule is Cc1cc2c(c(-c3ccc(N4CCN(C)CC4)c(F)c3)n1)C=C(CN1CCOCC1)C2. The van der Waals surface area contributed by atoms with Gasteiger partial charge in [0, 0.05) is 62.6 Å². The number of morpholine rings is 1. The second kappa shape index (κ2) is 8.69. The van der Waals surface area contributed by atoms with Gasteiger partial charge in [-0.15, -0.1) is 0 Å². The number of aromatic nitrogens is 1. The molecule has 1 aliphatic carbocycles. The number of fused-ring (bicyclic) bond motifs is 1. The first-order valence-corrected chi connectivity index (χ1v) is 11.3. The average Bonchev–Trinajstić information content (AvgIpc) is 3.16. The Hall–Kier alpha value is -2.28. The first kappa shape index (κ1) is 20.6. The van der Waals surface area contributed by atoms with E-state index in [9.17, 15) is 0 Å². The van der Waals surface area contributed by atoms with Gasteiger partial charge >= 0.3 is 0 Å². The maximum atomic E-state index is 15.1. The Labute approximate surface area is 184 Å². The zero-order chi connectivity index (χ0) is 21.4. The summed E-state index contributed by atoms with van der Waals surface area (Å²) in [5.74, 6) is -0.158. The zero-order valence-electron chi connectivity index (χ0n) is 18.5. The third-order valence-electron chi connectivity index (χ3n) is 6.63. The van der Waals surface area contributed by atoms with Crippen molar-refractivity contribution in [1.29, 1.82) is 0 Å². The minimum Gasteiger partial charge on any atom is -0.379 e. The molecule has 2 aliphatic heterocycles. The number of ether oxygens (including phenoxy) is 1. The van der Waals surface area contributed by atoms with E-state index < -0.39 is 0 Å². The van der Waals surface area contributed by atoms with Crippen LogP contribution in [0.2, 0.25) is 0 Å². The third kappa shape index (κ3) is 4.38. The van der Waals surface area contributed by atoms with Crippen LogP contribution >= 0.6 is 0 Å². The molecule has 1 aromatic heterocycles. The summed E-state index contributed by atoms with van der Waals surface area (Å²) in [6.45, 7) is 10.2. The Bertz CT molecular complexity index is 991. The summed E-state index contributed by atoms with van der Waals surface area (Å²) >= 11 is 0. The molecule has 164 valence electrons. The van der Waals surface area contributed by atoms with Crippen molar-refractivity contribution in [3.63, 3.8) is 0 Å². The van der Waals surface area contributed by atoms with Crippen molar-refractivity contribution in [3.8, 4) is 11.3 Å². The van der Waals surface area contributed by atoms with Gasteiger partial charge in [0.1, 0.15) is 5.82 Å². The number of anilines is 1. The van der Waals surface area contributed by atoms with Crippen LogP contribution in [0.4, 0.5) is 10.1 Å². The van der Waals surface area contributed by atoms with E-state index >= 15 is 4.39 Å². The molecule has 1 aromatic carbocycles. The van der Waals surface area contributed by atoms with Gasteiger partial charge in [0.25, 0.3) is 0 Å². The van der Waals surface area contributed by atoms with Gasteiger partial charge < -0.3 is 14.5 Å². The summed E-state index contributed by atoms with van der Waals surface area (Å²) in [7, 11) is 2.11. The van der Waals surface area contributed by atoms with E-state index in [1.807, 2.05) is 19.1 Å². The number of nitrogens with zero attached hydrogens (tertiary/aromatic N) is 4. The molecule has 0 spiro atoms. The number of hydrogen-bond acceptors (Lipinski definition) is 5. The van der Waals surface area contributed by atoms with Crippen LogP contribution in [0.5, 0.6) is 0 Å². The lowest BCUT2D eigenvalue weighted by atomic mass is 10.0. The second-order valence-corrected chi connectivity index (χ2v) is 9.01. The fourth-order valence-corrected chi connectivity index (χ4v) is 4.88. The van der Waals surface area contributed by atoms with Gasteiger partial charge in [-0.25, -0.2) is 4.39 Å². The topological polar surface area (TPSA) is 31.8 Å². The number of hydrogen-bond donors (Lipinski definition) is 0. The summed E-state index contributed by atoms with van der Waals surface area (Å²) in [5.41, 5.74) is 7.30. The van der Waals surface area contributed by atoms with E-state index in [4.69, 9.17) is 9.72 Å². The van der Waals surface area contributed by atoms with Crippen molar-refractivity contribution in [2.24, 2.45) is 0 Å². The fraction of sp³-hybridized carbons (Fsp3) is 0.480. The highest BCUT2D eigenvalue weighted by Crippen LogP contribution is 2.35. The van der Waals surface area contributed by atoms with E-state index in [1.54, 1.807) is 6.07 Å². The Balaban J connectivity index is 1.41. The molecule has 0 bridgehead atoms. The molecule has 0 N–H and O–H groups in total. The van der Waals surface area contributed by atoms with Crippen LogP contribution in [-0.4, -0.2) is 80.9 Å². The average molecular weight is 423 g/mol. The molecule has 2 saturated heterocycles. The van der Waals surface area contributed by atoms with Crippen LogP contribution in [0.15, 0.2) is 29.8 Å². The Morgan fingerprint density at radius 1 is 1.03 bits per heavy atom. The second-order valence-electron chi connectivity index (χ2n) is 9.01. The van der Waals surface area contributed by atoms with Gasteiger partial charge in [0.15, 0.2) is 0 Å². The Kier molecular flexibility index (Phi) is 5.78. The molecule has 0 unspecified atom stereocenters. The van der Waals surface area contributed by atoms with Crippen LogP contribution in [-0.2, 0) is 11.2 Å². The monoisotopic (exact) mass is 422 g/mol. The molecular formula is C25H31FN4O. The van der Waals surface area contributed by atoms with Crippen LogP contribution in [0.1, 0.15) is 16.8 Å². The molecule has 0 radical (unpaired) electrons. The summed E-state index contributed by atoms with van der Waals surface area (Å²) in [5, 5.41) is 0. The molecular weight excluding hydrogens is 391 g/mol. The van der Waals surface area contributed by atoms with E-state index in [2.05, 4.69) is 33.9 Å². The zero-order valence-corrected chi connectivity index (χ0v) is 18.5. The van der Waals surface area contributed by atoms with Crippen molar-refractivity contribution in [1.82, 2.24) is 14.8 Å². The van der Waals surface area contributed by atoms with Crippen molar-refractivity contribution < 1.29 is 9.13 Å². The van der Waals surface area contributed by atoms with Crippen molar-refractivity contribution in [3.05, 3.63) is 52.5 Å². The summed E-state index contributed by atoms with van der Waals surface area (Å²) in [6, 6.07) is 7.81. The van der Waals surface area contributed by atoms with E-state index in [0.29, 0.717) is 5.69 Å². The molecule has 5 nitrogen and oxygen atoms in total. The normalized spacial score (nSPS) is 20.1. The van der Waals surface area contributed by atoms with Crippen LogP contribution < -0.4 is 4.90 Å². The van der Waals surface area contributed by atoms with Gasteiger partial charge in [-0.1, -0.05) is 17.7 Å². The number of aryl methyl sites for hydroxylation is 1. The van der Waals surface area contributed by atoms with Gasteiger partial charge in [-0.2, -0.15) is 0 Å². The lowest BCUT2D eigenvalue weighted by Crippen LogP contribution is -2.44. The maximum absolute atomic E-state index is 15.1. The number of rotatable bonds is 4. The summed E-state index contributed by atoms with van der Waals surface area (Å²) < 4.78 is 20.6. The smallest absolute Gasteiger partial charge is 0.147 e. The van der Waals surface area contributed by atoms with Crippen LogP contribution in [0, 0.1) is 12.7 Å². The first-order chi connectivity index (χ1) is 15.1. The minimum atomic E-state index is -0.158. The van der Waals surface area contributed by atoms with Gasteiger partial charge in [0.05, 0.1) is 24.6 Å². The molecule has 0 atom stereocenters. The van der Waals surface area contributed by atoms with Gasteiger partial charge in [-0.05, 0) is 44.2 Å². The van der Waals surface area contributed by atoms with Gasteiger partial charge in [-0.3, -0.25) is 9.88 Å². The highest BCUT2D eigenvalue weighted by atomic mass is 19.1. The van der Waals surface area contributed by atoms with E-state index in [1.165, 1.54) is 11.1 Å². The predicted octanol–water partition coefficient (Wildman–Crippen LogP) is 3.22. The Morgan fingerprint density at radius 2 is 1.81 bits per heavy atom. The molecule has 2 aromatic rings. The molecule has 5 rings (SSSR count). The molecule has 2 fully saturated rings. The number of pyridine rings is 1. The quantitative estimate of drug-likeness (QED) is 0.755. The molecule has 0 saturated carbocycles. The number of piperazine rings is 1. The van der Waals surface area contributed by atoms with Crippen molar-refractivity contribution in [2.75, 3.05) is 71.0 Å². The van der Waals surface area contributed by atoms with E-state index in [-0.39, 0.29) is 5.82 Å². The van der Waals surface area contributed by atoms with Crippen molar-refractivity contribution in [2.45, 2.75) is 13.3 Å². The number of benzene rings is 1. The largest absolute Gasteiger partial charge is 0.379 e. The number of likely N-dealkylation sites (N-methyl/N-ethyl adjacent to an activating group) is 1. The first-order valence-electron chi connectivity index (χ1n) is 11.3. The lowest BCUT2D eigenvalue weighted by molar-refractivity contribution is 0.0422. The minimum absolute atomic E-state index is 0.158. The van der Waals surface area contributed by atoms with E-state index in [0.717, 1.165) is 88.0 Å². The van der Waals surface area contributed by atoms with Gasteiger partial charge in [0.2, 0.25) is 0 Å². The molecule has 3 heterocycles. The predicted molar refractivity (Wildman–Crippen MR) is 123 cm³/mol. The molecule has 31 heavy (non-hydrogen) atoms. The molecule has 0 amide bonds. The van der Waals surface area contributed by atoms with Crippen LogP contribution in [0.3, 0.4) is 0 Å². The highest BCUT2D eigenvalue weighted by Gasteiger charge is 2.23. The fourth-order valence-electron chi connectivity index (χ4n) is 4.88. The Morgan fingerprint density at radius 3 is 2.55 bits per heavy atom. The molecule has 6 heteroatoms. The van der Waals surface area contributed by atoms with Crippen molar-refractivity contribution >= 4 is 11.8 Å². The summed E-state index contributed by atoms with van der Waals surface area (Å²) in [4.78, 5) is 11.7. The maximum Gasteiger partial charge on any atom is 0.147 e.